The normalized spacial score (nSPS) is 10.6. The van der Waals surface area contributed by atoms with Gasteiger partial charge < -0.3 is 15.2 Å². The number of rotatable bonds is 7. The van der Waals surface area contributed by atoms with Crippen LogP contribution in [0.4, 0.5) is 0 Å². The van der Waals surface area contributed by atoms with E-state index < -0.39 is 0 Å². The van der Waals surface area contributed by atoms with E-state index in [2.05, 4.69) is 5.10 Å². The molecule has 0 radical (unpaired) electrons. The Morgan fingerprint density at radius 3 is 2.80 bits per heavy atom. The summed E-state index contributed by atoms with van der Waals surface area (Å²) in [6.07, 6.45) is 5.48. The number of ether oxygens (including phenoxy) is 2. The van der Waals surface area contributed by atoms with Crippen molar-refractivity contribution < 1.29 is 9.47 Å². The number of nitrogens with zero attached hydrogens (tertiary/aromatic N) is 2. The Labute approximate surface area is 119 Å². The summed E-state index contributed by atoms with van der Waals surface area (Å²) in [6.45, 7) is 1.21. The average molecular weight is 275 g/mol. The SMILES string of the molecule is COc1ccc(CCN)c(OCCc2cnn(C)c2)c1. The van der Waals surface area contributed by atoms with Crippen molar-refractivity contribution in [2.45, 2.75) is 12.8 Å². The molecule has 0 amide bonds. The van der Waals surface area contributed by atoms with Crippen LogP contribution in [0.25, 0.3) is 0 Å². The first kappa shape index (κ1) is 14.4. The van der Waals surface area contributed by atoms with Gasteiger partial charge in [0.05, 0.1) is 19.9 Å². The van der Waals surface area contributed by atoms with Gasteiger partial charge >= 0.3 is 0 Å². The highest BCUT2D eigenvalue weighted by atomic mass is 16.5. The second-order valence-corrected chi connectivity index (χ2v) is 4.63. The van der Waals surface area contributed by atoms with Crippen LogP contribution in [0, 0.1) is 0 Å². The van der Waals surface area contributed by atoms with Crippen LogP contribution in [0.1, 0.15) is 11.1 Å². The molecule has 0 aliphatic rings. The smallest absolute Gasteiger partial charge is 0.126 e. The summed E-state index contributed by atoms with van der Waals surface area (Å²) >= 11 is 0. The first-order chi connectivity index (χ1) is 9.72. The minimum absolute atomic E-state index is 0.602. The van der Waals surface area contributed by atoms with Gasteiger partial charge in [-0.15, -0.1) is 0 Å². The molecule has 1 aromatic carbocycles. The minimum atomic E-state index is 0.602. The highest BCUT2D eigenvalue weighted by Gasteiger charge is 2.06. The Kier molecular flexibility index (Phi) is 5.01. The fraction of sp³-hybridized carbons (Fsp3) is 0.400. The van der Waals surface area contributed by atoms with Crippen LogP contribution in [0.3, 0.4) is 0 Å². The first-order valence-corrected chi connectivity index (χ1v) is 6.70. The molecule has 5 heteroatoms. The third-order valence-electron chi connectivity index (χ3n) is 3.09. The Morgan fingerprint density at radius 1 is 1.30 bits per heavy atom. The summed E-state index contributed by atoms with van der Waals surface area (Å²) < 4.78 is 12.9. The number of benzene rings is 1. The molecule has 1 aromatic heterocycles. The summed E-state index contributed by atoms with van der Waals surface area (Å²) in [4.78, 5) is 0. The average Bonchev–Trinajstić information content (AvgIpc) is 2.86. The van der Waals surface area contributed by atoms with Crippen LogP contribution in [-0.2, 0) is 19.9 Å². The van der Waals surface area contributed by atoms with Crippen molar-refractivity contribution in [3.8, 4) is 11.5 Å². The lowest BCUT2D eigenvalue weighted by molar-refractivity contribution is 0.315. The quantitative estimate of drug-likeness (QED) is 0.833. The molecule has 2 rings (SSSR count). The van der Waals surface area contributed by atoms with E-state index in [1.165, 1.54) is 0 Å². The van der Waals surface area contributed by atoms with E-state index in [1.54, 1.807) is 11.8 Å². The van der Waals surface area contributed by atoms with E-state index in [9.17, 15) is 0 Å². The van der Waals surface area contributed by atoms with Crippen LogP contribution in [-0.4, -0.2) is 30.0 Å². The largest absolute Gasteiger partial charge is 0.497 e. The predicted octanol–water partition coefficient (Wildman–Crippen LogP) is 1.55. The third kappa shape index (κ3) is 3.74. The lowest BCUT2D eigenvalue weighted by Gasteiger charge is -2.12. The van der Waals surface area contributed by atoms with Crippen molar-refractivity contribution >= 4 is 0 Å². The topological polar surface area (TPSA) is 62.3 Å². The minimum Gasteiger partial charge on any atom is -0.497 e. The van der Waals surface area contributed by atoms with E-state index in [0.717, 1.165) is 35.5 Å². The Balaban J connectivity index is 1.99. The molecule has 0 bridgehead atoms. The second kappa shape index (κ2) is 6.96. The maximum atomic E-state index is 5.87. The van der Waals surface area contributed by atoms with Crippen molar-refractivity contribution in [3.05, 3.63) is 41.7 Å². The summed E-state index contributed by atoms with van der Waals surface area (Å²) in [5.41, 5.74) is 7.90. The van der Waals surface area contributed by atoms with Gasteiger partial charge in [-0.1, -0.05) is 6.07 Å². The zero-order valence-electron chi connectivity index (χ0n) is 12.0. The molecular weight excluding hydrogens is 254 g/mol. The van der Waals surface area contributed by atoms with Gasteiger partial charge in [-0.2, -0.15) is 5.10 Å². The highest BCUT2D eigenvalue weighted by Crippen LogP contribution is 2.25. The van der Waals surface area contributed by atoms with Gasteiger partial charge in [0.1, 0.15) is 11.5 Å². The van der Waals surface area contributed by atoms with Crippen molar-refractivity contribution in [2.24, 2.45) is 12.8 Å². The molecule has 20 heavy (non-hydrogen) atoms. The molecule has 0 spiro atoms. The number of methoxy groups -OCH3 is 1. The molecule has 0 saturated heterocycles. The maximum Gasteiger partial charge on any atom is 0.126 e. The molecule has 0 fully saturated rings. The molecule has 2 N–H and O–H groups in total. The van der Waals surface area contributed by atoms with Gasteiger partial charge in [-0.25, -0.2) is 0 Å². The molecular formula is C15H21N3O2. The molecule has 108 valence electrons. The molecule has 5 nitrogen and oxygen atoms in total. The molecule has 2 aromatic rings. The fourth-order valence-electron chi connectivity index (χ4n) is 2.04. The molecule has 1 heterocycles. The number of nitrogens with two attached hydrogens (primary N) is 1. The van der Waals surface area contributed by atoms with Gasteiger partial charge in [-0.05, 0) is 30.2 Å². The third-order valence-corrected chi connectivity index (χ3v) is 3.09. The lowest BCUT2D eigenvalue weighted by atomic mass is 10.1. The first-order valence-electron chi connectivity index (χ1n) is 6.70. The van der Waals surface area contributed by atoms with Crippen LogP contribution in [0.5, 0.6) is 11.5 Å². The van der Waals surface area contributed by atoms with Gasteiger partial charge in [0.25, 0.3) is 0 Å². The Hall–Kier alpha value is -2.01. The summed E-state index contributed by atoms with van der Waals surface area (Å²) in [7, 11) is 3.56. The Morgan fingerprint density at radius 2 is 2.15 bits per heavy atom. The van der Waals surface area contributed by atoms with Crippen LogP contribution < -0.4 is 15.2 Å². The van der Waals surface area contributed by atoms with E-state index in [4.69, 9.17) is 15.2 Å². The summed E-state index contributed by atoms with van der Waals surface area (Å²) in [6, 6.07) is 5.85. The number of aryl methyl sites for hydroxylation is 1. The van der Waals surface area contributed by atoms with E-state index in [1.807, 2.05) is 37.6 Å². The number of hydrogen-bond acceptors (Lipinski definition) is 4. The van der Waals surface area contributed by atoms with Crippen molar-refractivity contribution in [1.82, 2.24) is 9.78 Å². The van der Waals surface area contributed by atoms with Gasteiger partial charge in [-0.3, -0.25) is 4.68 Å². The lowest BCUT2D eigenvalue weighted by Crippen LogP contribution is -2.07. The number of aromatic nitrogens is 2. The second-order valence-electron chi connectivity index (χ2n) is 4.63. The van der Waals surface area contributed by atoms with Crippen molar-refractivity contribution in [2.75, 3.05) is 20.3 Å². The molecule has 0 aliphatic heterocycles. The predicted molar refractivity (Wildman–Crippen MR) is 78.2 cm³/mol. The van der Waals surface area contributed by atoms with E-state index in [-0.39, 0.29) is 0 Å². The monoisotopic (exact) mass is 275 g/mol. The van der Waals surface area contributed by atoms with Crippen LogP contribution >= 0.6 is 0 Å². The zero-order chi connectivity index (χ0) is 14.4. The standard InChI is InChI=1S/C15H21N3O2/c1-18-11-12(10-17-18)6-8-20-15-9-14(19-2)4-3-13(15)5-7-16/h3-4,9-11H,5-8,16H2,1-2H3. The molecule has 0 saturated carbocycles. The van der Waals surface area contributed by atoms with E-state index >= 15 is 0 Å². The van der Waals surface area contributed by atoms with Crippen molar-refractivity contribution in [3.63, 3.8) is 0 Å². The Bertz CT molecular complexity index is 552. The molecule has 0 unspecified atom stereocenters. The van der Waals surface area contributed by atoms with Gasteiger partial charge in [0.15, 0.2) is 0 Å². The highest BCUT2D eigenvalue weighted by molar-refractivity contribution is 5.41. The summed E-state index contributed by atoms with van der Waals surface area (Å²) in [5.74, 6) is 1.64. The molecule has 0 atom stereocenters. The number of hydrogen-bond donors (Lipinski definition) is 1. The van der Waals surface area contributed by atoms with Gasteiger partial charge in [0.2, 0.25) is 0 Å². The van der Waals surface area contributed by atoms with Crippen LogP contribution in [0.2, 0.25) is 0 Å². The molecule has 0 aliphatic carbocycles. The zero-order valence-corrected chi connectivity index (χ0v) is 12.0. The van der Waals surface area contributed by atoms with Crippen molar-refractivity contribution in [1.29, 1.82) is 0 Å². The van der Waals surface area contributed by atoms with Crippen LogP contribution in [0.15, 0.2) is 30.6 Å². The van der Waals surface area contributed by atoms with E-state index in [0.29, 0.717) is 13.2 Å². The van der Waals surface area contributed by atoms with Gasteiger partial charge in [0, 0.05) is 25.7 Å². The summed E-state index contributed by atoms with van der Waals surface area (Å²) in [5, 5.41) is 4.14. The fourth-order valence-corrected chi connectivity index (χ4v) is 2.04. The maximum absolute atomic E-state index is 5.87.